The number of hydrogen-bond acceptors (Lipinski definition) is 3. The zero-order valence-corrected chi connectivity index (χ0v) is 16.6. The van der Waals surface area contributed by atoms with Gasteiger partial charge in [0.25, 0.3) is 0 Å². The Morgan fingerprint density at radius 2 is 1.96 bits per heavy atom. The van der Waals surface area contributed by atoms with E-state index in [0.717, 1.165) is 32.8 Å². The molecule has 0 spiro atoms. The zero-order valence-electron chi connectivity index (χ0n) is 14.2. The van der Waals surface area contributed by atoms with Gasteiger partial charge in [0.05, 0.1) is 22.8 Å². The van der Waals surface area contributed by atoms with E-state index in [1.54, 1.807) is 0 Å². The van der Waals surface area contributed by atoms with Crippen LogP contribution in [0, 0.1) is 0 Å². The monoisotopic (exact) mass is 417 g/mol. The number of rotatable bonds is 6. The minimum atomic E-state index is -0.0475. The van der Waals surface area contributed by atoms with Crippen LogP contribution in [0.15, 0.2) is 58.2 Å². The molecule has 4 nitrogen and oxygen atoms in total. The van der Waals surface area contributed by atoms with Crippen molar-refractivity contribution in [1.29, 1.82) is 0 Å². The first-order valence-electron chi connectivity index (χ1n) is 8.22. The van der Waals surface area contributed by atoms with Gasteiger partial charge < -0.3 is 9.88 Å². The number of aromatic nitrogens is 2. The van der Waals surface area contributed by atoms with Gasteiger partial charge in [-0.25, -0.2) is 4.98 Å². The van der Waals surface area contributed by atoms with Crippen molar-refractivity contribution in [2.24, 2.45) is 0 Å². The molecule has 0 saturated carbocycles. The summed E-state index contributed by atoms with van der Waals surface area (Å²) in [5.74, 6) is 0.348. The van der Waals surface area contributed by atoms with Gasteiger partial charge in [-0.05, 0) is 37.6 Å². The molecule has 0 saturated heterocycles. The lowest BCUT2D eigenvalue weighted by molar-refractivity contribution is -0.119. The molecule has 1 aromatic heterocycles. The topological polar surface area (TPSA) is 46.9 Å². The normalized spacial score (nSPS) is 12.3. The third-order valence-electron chi connectivity index (χ3n) is 4.02. The van der Waals surface area contributed by atoms with Crippen LogP contribution >= 0.6 is 27.7 Å². The van der Waals surface area contributed by atoms with Crippen molar-refractivity contribution in [3.63, 3.8) is 0 Å². The van der Waals surface area contributed by atoms with E-state index in [1.807, 2.05) is 49.4 Å². The van der Waals surface area contributed by atoms with Crippen molar-refractivity contribution >= 4 is 44.6 Å². The fourth-order valence-corrected chi connectivity index (χ4v) is 4.30. The summed E-state index contributed by atoms with van der Waals surface area (Å²) in [7, 11) is 0. The number of nitrogens with one attached hydrogen (secondary N) is 1. The molecule has 0 aliphatic rings. The highest BCUT2D eigenvalue weighted by molar-refractivity contribution is 9.10. The number of carbonyl (C=O) groups excluding carboxylic acids is 1. The average molecular weight is 418 g/mol. The predicted octanol–water partition coefficient (Wildman–Crippen LogP) is 4.79. The third-order valence-corrected chi connectivity index (χ3v) is 5.72. The van der Waals surface area contributed by atoms with Crippen LogP contribution in [0.3, 0.4) is 0 Å². The minimum absolute atomic E-state index is 0.00274. The van der Waals surface area contributed by atoms with Crippen LogP contribution < -0.4 is 5.32 Å². The molecule has 2 aromatic carbocycles. The molecule has 1 unspecified atom stereocenters. The summed E-state index contributed by atoms with van der Waals surface area (Å²) >= 11 is 5.01. The highest BCUT2D eigenvalue weighted by atomic mass is 79.9. The van der Waals surface area contributed by atoms with Crippen LogP contribution in [0.4, 0.5) is 0 Å². The number of halogens is 1. The summed E-state index contributed by atoms with van der Waals surface area (Å²) in [4.78, 5) is 17.0. The van der Waals surface area contributed by atoms with Crippen LogP contribution in [0.5, 0.6) is 0 Å². The average Bonchev–Trinajstić information content (AvgIpc) is 2.97. The standard InChI is InChI=1S/C19H20BrN3OS/c1-3-23-17-11-7-6-10-16(17)22-19(23)25-12-18(24)21-13(2)14-8-4-5-9-15(14)20/h4-11,13H,3,12H2,1-2H3,(H,21,24). The Balaban J connectivity index is 1.66. The van der Waals surface area contributed by atoms with Crippen LogP contribution in [0.1, 0.15) is 25.5 Å². The van der Waals surface area contributed by atoms with Gasteiger partial charge in [-0.2, -0.15) is 0 Å². The second-order valence-corrected chi connectivity index (χ2v) is 7.52. The molecule has 1 amide bonds. The summed E-state index contributed by atoms with van der Waals surface area (Å²) in [6.45, 7) is 4.91. The number of fused-ring (bicyclic) bond motifs is 1. The largest absolute Gasteiger partial charge is 0.349 e. The number of benzene rings is 2. The summed E-state index contributed by atoms with van der Waals surface area (Å²) in [6.07, 6.45) is 0. The highest BCUT2D eigenvalue weighted by Gasteiger charge is 2.15. The van der Waals surface area contributed by atoms with Crippen molar-refractivity contribution in [3.05, 3.63) is 58.6 Å². The van der Waals surface area contributed by atoms with E-state index in [0.29, 0.717) is 5.75 Å². The van der Waals surface area contributed by atoms with E-state index in [9.17, 15) is 4.79 Å². The number of aryl methyl sites for hydroxylation is 1. The molecule has 1 N–H and O–H groups in total. The highest BCUT2D eigenvalue weighted by Crippen LogP contribution is 2.25. The van der Waals surface area contributed by atoms with Crippen LogP contribution in [-0.4, -0.2) is 21.2 Å². The Kier molecular flexibility index (Phi) is 5.81. The maximum Gasteiger partial charge on any atom is 0.230 e. The molecular formula is C19H20BrN3OS. The number of nitrogens with zero attached hydrogens (tertiary/aromatic N) is 2. The zero-order chi connectivity index (χ0) is 17.8. The molecule has 1 heterocycles. The molecule has 0 aliphatic heterocycles. The minimum Gasteiger partial charge on any atom is -0.349 e. The Morgan fingerprint density at radius 3 is 2.72 bits per heavy atom. The van der Waals surface area contributed by atoms with Gasteiger partial charge in [0.1, 0.15) is 0 Å². The molecule has 0 bridgehead atoms. The van der Waals surface area contributed by atoms with Crippen molar-refractivity contribution in [2.75, 3.05) is 5.75 Å². The maximum atomic E-state index is 12.3. The number of amides is 1. The number of carbonyl (C=O) groups is 1. The first-order chi connectivity index (χ1) is 12.1. The molecule has 130 valence electrons. The van der Waals surface area contributed by atoms with E-state index in [2.05, 4.69) is 43.8 Å². The summed E-state index contributed by atoms with van der Waals surface area (Å²) in [6, 6.07) is 15.9. The van der Waals surface area contributed by atoms with Gasteiger partial charge >= 0.3 is 0 Å². The van der Waals surface area contributed by atoms with E-state index in [-0.39, 0.29) is 11.9 Å². The van der Waals surface area contributed by atoms with Crippen molar-refractivity contribution < 1.29 is 4.79 Å². The molecular weight excluding hydrogens is 398 g/mol. The second kappa shape index (κ2) is 8.06. The predicted molar refractivity (Wildman–Crippen MR) is 107 cm³/mol. The van der Waals surface area contributed by atoms with Crippen LogP contribution in [0.2, 0.25) is 0 Å². The van der Waals surface area contributed by atoms with Gasteiger partial charge in [0.15, 0.2) is 5.16 Å². The van der Waals surface area contributed by atoms with E-state index in [4.69, 9.17) is 0 Å². The summed E-state index contributed by atoms with van der Waals surface area (Å²) < 4.78 is 3.15. The first kappa shape index (κ1) is 18.0. The van der Waals surface area contributed by atoms with E-state index < -0.39 is 0 Å². The first-order valence-corrected chi connectivity index (χ1v) is 10.00. The molecule has 3 rings (SSSR count). The second-order valence-electron chi connectivity index (χ2n) is 5.73. The van der Waals surface area contributed by atoms with E-state index >= 15 is 0 Å². The van der Waals surface area contributed by atoms with Gasteiger partial charge in [-0.1, -0.05) is 58.0 Å². The molecule has 0 fully saturated rings. The van der Waals surface area contributed by atoms with Crippen LogP contribution in [0.25, 0.3) is 11.0 Å². The van der Waals surface area contributed by atoms with Gasteiger partial charge in [0, 0.05) is 11.0 Å². The van der Waals surface area contributed by atoms with Crippen molar-refractivity contribution in [3.8, 4) is 0 Å². The van der Waals surface area contributed by atoms with Crippen molar-refractivity contribution in [1.82, 2.24) is 14.9 Å². The molecule has 1 atom stereocenters. The van der Waals surface area contributed by atoms with Crippen molar-refractivity contribution in [2.45, 2.75) is 31.6 Å². The number of imidazole rings is 1. The summed E-state index contributed by atoms with van der Waals surface area (Å²) in [5, 5.41) is 3.93. The smallest absolute Gasteiger partial charge is 0.230 e. The molecule has 0 radical (unpaired) electrons. The Labute approximate surface area is 160 Å². The number of para-hydroxylation sites is 2. The number of hydrogen-bond donors (Lipinski definition) is 1. The Bertz CT molecular complexity index is 893. The van der Waals surface area contributed by atoms with Gasteiger partial charge in [0.2, 0.25) is 5.91 Å². The van der Waals surface area contributed by atoms with Gasteiger partial charge in [-0.3, -0.25) is 4.79 Å². The summed E-state index contributed by atoms with van der Waals surface area (Å²) in [5.41, 5.74) is 3.14. The molecule has 25 heavy (non-hydrogen) atoms. The fraction of sp³-hybridized carbons (Fsp3) is 0.263. The molecule has 3 aromatic rings. The molecule has 6 heteroatoms. The third kappa shape index (κ3) is 4.07. The SMILES string of the molecule is CCn1c(SCC(=O)NC(C)c2ccccc2Br)nc2ccccc21. The van der Waals surface area contributed by atoms with Crippen LogP contribution in [-0.2, 0) is 11.3 Å². The Morgan fingerprint density at radius 1 is 1.24 bits per heavy atom. The Hall–Kier alpha value is -1.79. The van der Waals surface area contributed by atoms with Gasteiger partial charge in [-0.15, -0.1) is 0 Å². The quantitative estimate of drug-likeness (QED) is 0.586. The number of thioether (sulfide) groups is 1. The lowest BCUT2D eigenvalue weighted by atomic mass is 10.1. The lowest BCUT2D eigenvalue weighted by Gasteiger charge is -2.15. The molecule has 0 aliphatic carbocycles. The fourth-order valence-electron chi connectivity index (χ4n) is 2.79. The maximum absolute atomic E-state index is 12.3. The lowest BCUT2D eigenvalue weighted by Crippen LogP contribution is -2.28. The van der Waals surface area contributed by atoms with E-state index in [1.165, 1.54) is 11.8 Å².